The lowest BCUT2D eigenvalue weighted by Gasteiger charge is -2.42. The van der Waals surface area contributed by atoms with Crippen LogP contribution < -0.4 is 15.4 Å². The van der Waals surface area contributed by atoms with E-state index >= 15 is 0 Å². The largest absolute Gasteiger partial charge is 0.492 e. The van der Waals surface area contributed by atoms with Crippen LogP contribution in [0.5, 0.6) is 5.75 Å². The Morgan fingerprint density at radius 1 is 1.17 bits per heavy atom. The molecule has 1 atom stereocenters. The van der Waals surface area contributed by atoms with Gasteiger partial charge in [0.05, 0.1) is 36.1 Å². The Balaban J connectivity index is 1.36. The number of carbonyl (C=O) groups is 1. The zero-order valence-corrected chi connectivity index (χ0v) is 24.0. The Bertz CT molecular complexity index is 1530. The van der Waals surface area contributed by atoms with E-state index in [9.17, 15) is 10.1 Å². The van der Waals surface area contributed by atoms with Crippen LogP contribution in [0, 0.1) is 22.7 Å². The number of rotatable bonds is 10. The van der Waals surface area contributed by atoms with Gasteiger partial charge >= 0.3 is 0 Å². The maximum Gasteiger partial charge on any atom is 0.150 e. The minimum absolute atomic E-state index is 0.111. The van der Waals surface area contributed by atoms with Crippen LogP contribution in [-0.4, -0.2) is 51.1 Å². The number of piperidine rings is 1. The van der Waals surface area contributed by atoms with Crippen molar-refractivity contribution in [2.24, 2.45) is 17.1 Å². The van der Waals surface area contributed by atoms with Gasteiger partial charge in [0.25, 0.3) is 0 Å². The smallest absolute Gasteiger partial charge is 0.150 e. The first kappa shape index (κ1) is 28.2. The molecule has 0 radical (unpaired) electrons. The van der Waals surface area contributed by atoms with Crippen molar-refractivity contribution >= 4 is 17.1 Å². The number of ketones is 1. The summed E-state index contributed by atoms with van der Waals surface area (Å²) in [6.45, 7) is 8.03. The summed E-state index contributed by atoms with van der Waals surface area (Å²) in [5, 5.41) is 14.0. The van der Waals surface area contributed by atoms with Crippen molar-refractivity contribution in [3.8, 4) is 22.9 Å². The molecule has 9 heteroatoms. The lowest BCUT2D eigenvalue weighted by Crippen LogP contribution is -2.46. The second-order valence-electron chi connectivity index (χ2n) is 11.3. The maximum absolute atomic E-state index is 13.1. The molecule has 0 saturated carbocycles. The third kappa shape index (κ3) is 6.08. The number of pyridine rings is 3. The van der Waals surface area contributed by atoms with Gasteiger partial charge in [-0.05, 0) is 67.9 Å². The van der Waals surface area contributed by atoms with Gasteiger partial charge in [-0.3, -0.25) is 9.78 Å². The van der Waals surface area contributed by atoms with Crippen molar-refractivity contribution in [1.29, 1.82) is 5.26 Å². The van der Waals surface area contributed by atoms with Crippen molar-refractivity contribution in [2.75, 3.05) is 24.6 Å². The van der Waals surface area contributed by atoms with Gasteiger partial charge in [0.15, 0.2) is 0 Å². The number of aromatic nitrogens is 4. The normalized spacial score (nSPS) is 15.6. The molecule has 1 saturated heterocycles. The Kier molecular flexibility index (Phi) is 8.31. The van der Waals surface area contributed by atoms with Crippen LogP contribution in [0.2, 0.25) is 0 Å². The van der Waals surface area contributed by atoms with Crippen LogP contribution in [0.4, 0.5) is 5.82 Å². The van der Waals surface area contributed by atoms with E-state index in [1.165, 1.54) is 0 Å². The van der Waals surface area contributed by atoms with Crippen molar-refractivity contribution in [3.63, 3.8) is 0 Å². The highest BCUT2D eigenvalue weighted by molar-refractivity contribution is 5.85. The molecule has 1 fully saturated rings. The SMILES string of the molecule is CCOc1cc(-c2ccc(N3CCC(CC(=O)[C@@H](N)C(C)C)(Cc4ccccn4)CC3)nc2)c2c(C#N)cnn2c1. The van der Waals surface area contributed by atoms with Crippen molar-refractivity contribution in [2.45, 2.75) is 52.5 Å². The second kappa shape index (κ2) is 12.1. The van der Waals surface area contributed by atoms with Gasteiger partial charge in [0, 0.05) is 48.7 Å². The average Bonchev–Trinajstić information content (AvgIpc) is 3.40. The molecule has 0 aromatic carbocycles. The number of anilines is 1. The lowest BCUT2D eigenvalue weighted by atomic mass is 9.70. The molecular weight excluding hydrogens is 514 g/mol. The van der Waals surface area contributed by atoms with Crippen molar-refractivity contribution < 1.29 is 9.53 Å². The molecule has 212 valence electrons. The van der Waals surface area contributed by atoms with Gasteiger partial charge in [-0.1, -0.05) is 19.9 Å². The molecule has 0 amide bonds. The summed E-state index contributed by atoms with van der Waals surface area (Å²) >= 11 is 0. The monoisotopic (exact) mass is 551 g/mol. The molecule has 5 heterocycles. The van der Waals surface area contributed by atoms with Crippen LogP contribution in [0.25, 0.3) is 16.6 Å². The van der Waals surface area contributed by atoms with Crippen LogP contribution in [0.3, 0.4) is 0 Å². The van der Waals surface area contributed by atoms with Gasteiger partial charge in [0.1, 0.15) is 23.4 Å². The number of fused-ring (bicyclic) bond motifs is 1. The molecule has 2 N–H and O–H groups in total. The zero-order chi connectivity index (χ0) is 29.0. The Morgan fingerprint density at radius 2 is 1.98 bits per heavy atom. The molecule has 0 aliphatic carbocycles. The molecule has 9 nitrogen and oxygen atoms in total. The first-order chi connectivity index (χ1) is 19.8. The molecule has 0 bridgehead atoms. The molecule has 5 rings (SSSR count). The molecule has 4 aromatic heterocycles. The predicted molar refractivity (Wildman–Crippen MR) is 159 cm³/mol. The Hall–Kier alpha value is -4.29. The quantitative estimate of drug-likeness (QED) is 0.297. The first-order valence-corrected chi connectivity index (χ1v) is 14.3. The third-order valence-electron chi connectivity index (χ3n) is 8.15. The molecule has 0 spiro atoms. The van der Waals surface area contributed by atoms with Crippen molar-refractivity contribution in [3.05, 3.63) is 72.4 Å². The standard InChI is InChI=1S/C32H37N7O2/c1-4-41-26-15-27(31-24(18-33)20-37-39(31)21-26)23-8-9-29(36-19-23)38-13-10-32(11-14-38,16-25-7-5-6-12-35-25)17-28(40)30(34)22(2)3/h5-9,12,15,19-22,30H,4,10-11,13-14,16-17,34H2,1-3H3/t30-/m0/s1. The number of Topliss-reactive ketones (excluding diaryl/α,β-unsaturated/α-hetero) is 1. The molecule has 1 aliphatic heterocycles. The summed E-state index contributed by atoms with van der Waals surface area (Å²) in [4.78, 5) is 24.8. The molecular formula is C32H37N7O2. The topological polar surface area (TPSA) is 122 Å². The summed E-state index contributed by atoms with van der Waals surface area (Å²) in [6.07, 6.45) is 9.92. The van der Waals surface area contributed by atoms with Gasteiger partial charge in [0.2, 0.25) is 0 Å². The molecule has 4 aromatic rings. The highest BCUT2D eigenvalue weighted by Crippen LogP contribution is 2.40. The highest BCUT2D eigenvalue weighted by atomic mass is 16.5. The van der Waals surface area contributed by atoms with Crippen LogP contribution in [-0.2, 0) is 11.2 Å². The Labute approximate surface area is 241 Å². The number of nitrogens with two attached hydrogens (primary N) is 1. The number of nitriles is 1. The van der Waals surface area contributed by atoms with E-state index in [1.807, 2.05) is 69.6 Å². The molecule has 0 unspecified atom stereocenters. The van der Waals surface area contributed by atoms with E-state index < -0.39 is 6.04 Å². The van der Waals surface area contributed by atoms with Crippen molar-refractivity contribution in [1.82, 2.24) is 19.6 Å². The fourth-order valence-corrected chi connectivity index (χ4v) is 5.75. The highest BCUT2D eigenvalue weighted by Gasteiger charge is 2.38. The lowest BCUT2D eigenvalue weighted by molar-refractivity contribution is -0.123. The van der Waals surface area contributed by atoms with Crippen LogP contribution in [0.1, 0.15) is 51.3 Å². The molecule has 1 aliphatic rings. The minimum atomic E-state index is -0.451. The number of nitrogens with zero attached hydrogens (tertiary/aromatic N) is 6. The van der Waals surface area contributed by atoms with E-state index in [0.29, 0.717) is 24.3 Å². The third-order valence-corrected chi connectivity index (χ3v) is 8.15. The summed E-state index contributed by atoms with van der Waals surface area (Å²) < 4.78 is 7.43. The van der Waals surface area contributed by atoms with E-state index in [-0.39, 0.29) is 17.1 Å². The van der Waals surface area contributed by atoms with E-state index in [4.69, 9.17) is 15.5 Å². The van der Waals surface area contributed by atoms with Crippen LogP contribution in [0.15, 0.2) is 61.2 Å². The van der Waals surface area contributed by atoms with E-state index in [0.717, 1.165) is 60.5 Å². The van der Waals surface area contributed by atoms with Gasteiger partial charge < -0.3 is 15.4 Å². The first-order valence-electron chi connectivity index (χ1n) is 14.3. The fourth-order valence-electron chi connectivity index (χ4n) is 5.75. The summed E-state index contributed by atoms with van der Waals surface area (Å²) in [6, 6.07) is 13.7. The summed E-state index contributed by atoms with van der Waals surface area (Å²) in [5.74, 6) is 1.80. The van der Waals surface area contributed by atoms with Crippen LogP contribution >= 0.6 is 0 Å². The minimum Gasteiger partial charge on any atom is -0.492 e. The summed E-state index contributed by atoms with van der Waals surface area (Å²) in [5.41, 5.74) is 10.0. The number of hydrogen-bond acceptors (Lipinski definition) is 8. The Morgan fingerprint density at radius 3 is 2.61 bits per heavy atom. The fraction of sp³-hybridized carbons (Fsp3) is 0.406. The zero-order valence-electron chi connectivity index (χ0n) is 24.0. The second-order valence-corrected chi connectivity index (χ2v) is 11.3. The van der Waals surface area contributed by atoms with Gasteiger partial charge in [-0.25, -0.2) is 9.50 Å². The van der Waals surface area contributed by atoms with Gasteiger partial charge in [-0.2, -0.15) is 10.4 Å². The molecule has 41 heavy (non-hydrogen) atoms. The average molecular weight is 552 g/mol. The predicted octanol–water partition coefficient (Wildman–Crippen LogP) is 4.83. The van der Waals surface area contributed by atoms with E-state index in [1.54, 1.807) is 16.9 Å². The van der Waals surface area contributed by atoms with Gasteiger partial charge in [-0.15, -0.1) is 0 Å². The number of hydrogen-bond donors (Lipinski definition) is 1. The summed E-state index contributed by atoms with van der Waals surface area (Å²) in [7, 11) is 0. The number of ether oxygens (including phenoxy) is 1. The maximum atomic E-state index is 13.1. The van der Waals surface area contributed by atoms with E-state index in [2.05, 4.69) is 21.1 Å². The number of carbonyl (C=O) groups excluding carboxylic acids is 1.